The molecule has 1 N–H and O–H groups in total. The van der Waals surface area contributed by atoms with Gasteiger partial charge in [-0.1, -0.05) is 38.8 Å². The fourth-order valence-corrected chi connectivity index (χ4v) is 2.68. The van der Waals surface area contributed by atoms with Crippen molar-refractivity contribution in [2.45, 2.75) is 71.7 Å². The Balaban J connectivity index is 1.66. The van der Waals surface area contributed by atoms with Crippen molar-refractivity contribution in [3.8, 4) is 0 Å². The molecule has 1 aliphatic rings. The van der Waals surface area contributed by atoms with Crippen molar-refractivity contribution < 1.29 is 4.74 Å². The van der Waals surface area contributed by atoms with E-state index in [1.54, 1.807) is 0 Å². The summed E-state index contributed by atoms with van der Waals surface area (Å²) in [6, 6.07) is 0.469. The molecule has 2 unspecified atom stereocenters. The lowest BCUT2D eigenvalue weighted by molar-refractivity contribution is 0.0105. The van der Waals surface area contributed by atoms with Gasteiger partial charge in [-0.3, -0.25) is 0 Å². The number of hydrogen-bond acceptors (Lipinski definition) is 4. The van der Waals surface area contributed by atoms with Crippen LogP contribution in [0.2, 0.25) is 0 Å². The highest BCUT2D eigenvalue weighted by atomic mass is 16.5. The molecule has 1 aromatic rings. The van der Waals surface area contributed by atoms with E-state index in [1.165, 1.54) is 25.7 Å². The molecule has 5 heteroatoms. The lowest BCUT2D eigenvalue weighted by Crippen LogP contribution is -2.23. The zero-order chi connectivity index (χ0) is 14.4. The summed E-state index contributed by atoms with van der Waals surface area (Å²) in [5.41, 5.74) is 0.991. The normalized spacial score (nSPS) is 23.4. The van der Waals surface area contributed by atoms with Gasteiger partial charge in [-0.15, -0.1) is 5.10 Å². The third kappa shape index (κ3) is 5.21. The maximum absolute atomic E-state index is 5.96. The van der Waals surface area contributed by atoms with E-state index in [0.29, 0.717) is 12.1 Å². The topological polar surface area (TPSA) is 52.0 Å². The van der Waals surface area contributed by atoms with E-state index in [0.717, 1.165) is 31.3 Å². The first kappa shape index (κ1) is 15.4. The molecule has 5 nitrogen and oxygen atoms in total. The van der Waals surface area contributed by atoms with Crippen LogP contribution in [0.15, 0.2) is 6.20 Å². The van der Waals surface area contributed by atoms with Gasteiger partial charge in [0, 0.05) is 18.8 Å². The summed E-state index contributed by atoms with van der Waals surface area (Å²) in [7, 11) is 0. The third-order valence-corrected chi connectivity index (χ3v) is 3.84. The first-order chi connectivity index (χ1) is 9.63. The largest absolute Gasteiger partial charge is 0.376 e. The highest BCUT2D eigenvalue weighted by Gasteiger charge is 2.18. The number of ether oxygens (including phenoxy) is 1. The van der Waals surface area contributed by atoms with Gasteiger partial charge in [0.25, 0.3) is 0 Å². The van der Waals surface area contributed by atoms with E-state index >= 15 is 0 Å². The van der Waals surface area contributed by atoms with Gasteiger partial charge in [-0.05, 0) is 18.8 Å². The van der Waals surface area contributed by atoms with Crippen molar-refractivity contribution in [2.75, 3.05) is 6.61 Å². The smallest absolute Gasteiger partial charge is 0.0964 e. The van der Waals surface area contributed by atoms with E-state index in [2.05, 4.69) is 36.4 Å². The Kier molecular flexibility index (Phi) is 5.98. The van der Waals surface area contributed by atoms with E-state index in [9.17, 15) is 0 Å². The van der Waals surface area contributed by atoms with Crippen LogP contribution in [0.5, 0.6) is 0 Å². The molecule has 0 spiro atoms. The summed E-state index contributed by atoms with van der Waals surface area (Å²) in [4.78, 5) is 0. The van der Waals surface area contributed by atoms with Gasteiger partial charge in [0.1, 0.15) is 0 Å². The molecule has 0 saturated heterocycles. The second-order valence-corrected chi connectivity index (χ2v) is 6.27. The summed E-state index contributed by atoms with van der Waals surface area (Å²) in [5.74, 6) is 0.814. The maximum Gasteiger partial charge on any atom is 0.0964 e. The molecule has 1 heterocycles. The molecule has 0 aromatic carbocycles. The van der Waals surface area contributed by atoms with Crippen LogP contribution in [0.3, 0.4) is 0 Å². The summed E-state index contributed by atoms with van der Waals surface area (Å²) >= 11 is 0. The number of aromatic nitrogens is 3. The number of nitrogens with zero attached hydrogens (tertiary/aromatic N) is 3. The van der Waals surface area contributed by atoms with E-state index in [-0.39, 0.29) is 0 Å². The summed E-state index contributed by atoms with van der Waals surface area (Å²) in [5, 5.41) is 11.6. The molecule has 0 aliphatic heterocycles. The SMILES string of the molecule is CC1CCCC(OCCn2cc(CNC(C)C)nn2)C1. The van der Waals surface area contributed by atoms with Crippen molar-refractivity contribution in [2.24, 2.45) is 5.92 Å². The molecule has 0 radical (unpaired) electrons. The molecule has 1 saturated carbocycles. The summed E-state index contributed by atoms with van der Waals surface area (Å²) in [6.45, 7) is 8.88. The van der Waals surface area contributed by atoms with Crippen LogP contribution >= 0.6 is 0 Å². The Labute approximate surface area is 122 Å². The predicted octanol–water partition coefficient (Wildman–Crippen LogP) is 2.37. The monoisotopic (exact) mass is 280 g/mol. The molecule has 1 aromatic heterocycles. The molecule has 114 valence electrons. The lowest BCUT2D eigenvalue weighted by Gasteiger charge is -2.26. The minimum absolute atomic E-state index is 0.448. The summed E-state index contributed by atoms with van der Waals surface area (Å²) in [6.07, 6.45) is 7.54. The van der Waals surface area contributed by atoms with Gasteiger partial charge in [0.2, 0.25) is 0 Å². The quantitative estimate of drug-likeness (QED) is 0.833. The molecular weight excluding hydrogens is 252 g/mol. The predicted molar refractivity (Wildman–Crippen MR) is 79.4 cm³/mol. The van der Waals surface area contributed by atoms with Gasteiger partial charge in [0.05, 0.1) is 24.9 Å². The number of hydrogen-bond donors (Lipinski definition) is 1. The maximum atomic E-state index is 5.96. The Morgan fingerprint density at radius 1 is 1.45 bits per heavy atom. The van der Waals surface area contributed by atoms with Crippen LogP contribution in [0, 0.1) is 5.92 Å². The minimum Gasteiger partial charge on any atom is -0.376 e. The van der Waals surface area contributed by atoms with Crippen LogP contribution in [0.1, 0.15) is 52.1 Å². The zero-order valence-corrected chi connectivity index (χ0v) is 13.0. The Bertz CT molecular complexity index is 391. The van der Waals surface area contributed by atoms with Gasteiger partial charge in [0.15, 0.2) is 0 Å². The first-order valence-electron chi connectivity index (χ1n) is 7.87. The van der Waals surface area contributed by atoms with Crippen LogP contribution in [0.4, 0.5) is 0 Å². The van der Waals surface area contributed by atoms with E-state index in [4.69, 9.17) is 4.74 Å². The van der Waals surface area contributed by atoms with Crippen LogP contribution in [0.25, 0.3) is 0 Å². The Morgan fingerprint density at radius 3 is 3.05 bits per heavy atom. The standard InChI is InChI=1S/C15H28N4O/c1-12(2)16-10-14-11-19(18-17-14)7-8-20-15-6-4-5-13(3)9-15/h11-13,15-16H,4-10H2,1-3H3. The van der Waals surface area contributed by atoms with Gasteiger partial charge >= 0.3 is 0 Å². The zero-order valence-electron chi connectivity index (χ0n) is 13.0. The third-order valence-electron chi connectivity index (χ3n) is 3.84. The molecule has 1 aliphatic carbocycles. The Hall–Kier alpha value is -0.940. The lowest BCUT2D eigenvalue weighted by atomic mass is 9.89. The molecule has 2 rings (SSSR count). The molecule has 0 amide bonds. The second-order valence-electron chi connectivity index (χ2n) is 6.27. The molecule has 2 atom stereocenters. The van der Waals surface area contributed by atoms with Gasteiger partial charge in [-0.2, -0.15) is 0 Å². The van der Waals surface area contributed by atoms with Crippen molar-refractivity contribution in [3.63, 3.8) is 0 Å². The molecule has 0 bridgehead atoms. The summed E-state index contributed by atoms with van der Waals surface area (Å²) < 4.78 is 7.84. The fraction of sp³-hybridized carbons (Fsp3) is 0.867. The second kappa shape index (κ2) is 7.74. The molecule has 1 fully saturated rings. The molecule has 20 heavy (non-hydrogen) atoms. The van der Waals surface area contributed by atoms with E-state index in [1.807, 2.05) is 10.9 Å². The fourth-order valence-electron chi connectivity index (χ4n) is 2.68. The highest BCUT2D eigenvalue weighted by molar-refractivity contribution is 4.91. The van der Waals surface area contributed by atoms with Crippen LogP contribution in [-0.2, 0) is 17.8 Å². The average molecular weight is 280 g/mol. The van der Waals surface area contributed by atoms with Crippen LogP contribution < -0.4 is 5.32 Å². The van der Waals surface area contributed by atoms with E-state index < -0.39 is 0 Å². The first-order valence-corrected chi connectivity index (χ1v) is 7.87. The van der Waals surface area contributed by atoms with Gasteiger partial charge < -0.3 is 10.1 Å². The van der Waals surface area contributed by atoms with Crippen molar-refractivity contribution in [1.82, 2.24) is 20.3 Å². The minimum atomic E-state index is 0.448. The number of rotatable bonds is 7. The highest BCUT2D eigenvalue weighted by Crippen LogP contribution is 2.25. The molecular formula is C15H28N4O. The van der Waals surface area contributed by atoms with Crippen molar-refractivity contribution >= 4 is 0 Å². The van der Waals surface area contributed by atoms with Crippen LogP contribution in [-0.4, -0.2) is 33.7 Å². The number of nitrogens with one attached hydrogen (secondary N) is 1. The Morgan fingerprint density at radius 2 is 2.30 bits per heavy atom. The van der Waals surface area contributed by atoms with Crippen molar-refractivity contribution in [3.05, 3.63) is 11.9 Å². The average Bonchev–Trinajstić information content (AvgIpc) is 2.84. The van der Waals surface area contributed by atoms with Crippen molar-refractivity contribution in [1.29, 1.82) is 0 Å². The van der Waals surface area contributed by atoms with Gasteiger partial charge in [-0.25, -0.2) is 4.68 Å².